The number of rotatable bonds is 3. The van der Waals surface area contributed by atoms with Gasteiger partial charge < -0.3 is 14.5 Å². The van der Waals surface area contributed by atoms with Crippen molar-refractivity contribution in [3.05, 3.63) is 52.9 Å². The van der Waals surface area contributed by atoms with Crippen molar-refractivity contribution < 1.29 is 19.2 Å². The van der Waals surface area contributed by atoms with Gasteiger partial charge in [-0.25, -0.2) is 0 Å². The molecule has 1 aromatic heterocycles. The molecule has 1 saturated heterocycles. The van der Waals surface area contributed by atoms with Gasteiger partial charge in [-0.1, -0.05) is 41.9 Å². The average Bonchev–Trinajstić information content (AvgIpc) is 3.21. The second-order valence-corrected chi connectivity index (χ2v) is 7.17. The van der Waals surface area contributed by atoms with Crippen molar-refractivity contribution in [3.8, 4) is 0 Å². The lowest BCUT2D eigenvalue weighted by Gasteiger charge is -2.16. The predicted octanol–water partition coefficient (Wildman–Crippen LogP) is 2.88. The third-order valence-electron chi connectivity index (χ3n) is 5.55. The molecule has 6 nitrogen and oxygen atoms in total. The van der Waals surface area contributed by atoms with Crippen molar-refractivity contribution in [1.29, 1.82) is 0 Å². The number of hydrogen-bond donors (Lipinski definition) is 1. The lowest BCUT2D eigenvalue weighted by Crippen LogP contribution is -2.30. The van der Waals surface area contributed by atoms with E-state index in [1.165, 1.54) is 0 Å². The summed E-state index contributed by atoms with van der Waals surface area (Å²) in [5.74, 6) is -1.07. The molecule has 0 radical (unpaired) electrons. The van der Waals surface area contributed by atoms with E-state index in [9.17, 15) is 14.7 Å². The maximum Gasteiger partial charge on any atom is 0.308 e. The van der Waals surface area contributed by atoms with Gasteiger partial charge in [-0.05, 0) is 24.8 Å². The van der Waals surface area contributed by atoms with Gasteiger partial charge in [-0.2, -0.15) is 0 Å². The highest BCUT2D eigenvalue weighted by atomic mass is 16.5. The van der Waals surface area contributed by atoms with E-state index >= 15 is 0 Å². The minimum atomic E-state index is -0.867. The number of aliphatic carboxylic acids is 1. The number of aryl methyl sites for hydroxylation is 1. The van der Waals surface area contributed by atoms with Crippen LogP contribution in [0.1, 0.15) is 52.6 Å². The van der Waals surface area contributed by atoms with Crippen LogP contribution in [-0.2, 0) is 17.6 Å². The number of carboxylic acids is 1. The van der Waals surface area contributed by atoms with Gasteiger partial charge in [0.25, 0.3) is 5.91 Å². The molecule has 1 fully saturated rings. The zero-order valence-electron chi connectivity index (χ0n) is 14.6. The third-order valence-corrected chi connectivity index (χ3v) is 5.55. The Balaban J connectivity index is 1.60. The van der Waals surface area contributed by atoms with E-state index in [1.807, 2.05) is 30.3 Å². The first-order chi connectivity index (χ1) is 12.6. The summed E-state index contributed by atoms with van der Waals surface area (Å²) in [4.78, 5) is 26.4. The van der Waals surface area contributed by atoms with E-state index in [0.717, 1.165) is 49.0 Å². The Morgan fingerprint density at radius 3 is 2.62 bits per heavy atom. The number of amides is 1. The second-order valence-electron chi connectivity index (χ2n) is 7.17. The van der Waals surface area contributed by atoms with Gasteiger partial charge in [0.15, 0.2) is 5.69 Å². The van der Waals surface area contributed by atoms with Gasteiger partial charge in [0, 0.05) is 31.0 Å². The van der Waals surface area contributed by atoms with E-state index < -0.39 is 11.9 Å². The summed E-state index contributed by atoms with van der Waals surface area (Å²) in [6, 6.07) is 9.56. The van der Waals surface area contributed by atoms with Crippen LogP contribution in [0.15, 0.2) is 34.9 Å². The number of carboxylic acid groups (broad SMARTS) is 1. The molecule has 1 N–H and O–H groups in total. The zero-order valence-corrected chi connectivity index (χ0v) is 14.6. The number of hydrogen-bond acceptors (Lipinski definition) is 4. The Morgan fingerprint density at radius 2 is 1.85 bits per heavy atom. The molecule has 1 aromatic carbocycles. The summed E-state index contributed by atoms with van der Waals surface area (Å²) in [5, 5.41) is 13.7. The normalized spacial score (nSPS) is 22.7. The van der Waals surface area contributed by atoms with Crippen LogP contribution in [0.5, 0.6) is 0 Å². The Bertz CT molecular complexity index is 814. The maximum atomic E-state index is 13.0. The van der Waals surface area contributed by atoms with E-state index in [-0.39, 0.29) is 18.4 Å². The Hall–Kier alpha value is -2.63. The number of carbonyl (C=O) groups is 2. The molecule has 0 unspecified atom stereocenters. The number of carbonyl (C=O) groups excluding carboxylic acids is 1. The molecular weight excluding hydrogens is 332 g/mol. The highest BCUT2D eigenvalue weighted by molar-refractivity contribution is 5.94. The van der Waals surface area contributed by atoms with Crippen LogP contribution >= 0.6 is 0 Å². The maximum absolute atomic E-state index is 13.0. The summed E-state index contributed by atoms with van der Waals surface area (Å²) >= 11 is 0. The van der Waals surface area contributed by atoms with Crippen molar-refractivity contribution in [2.24, 2.45) is 5.92 Å². The van der Waals surface area contributed by atoms with Crippen LogP contribution in [0.4, 0.5) is 0 Å². The summed E-state index contributed by atoms with van der Waals surface area (Å²) in [6.45, 7) is 0.594. The Morgan fingerprint density at radius 1 is 1.08 bits per heavy atom. The zero-order chi connectivity index (χ0) is 18.1. The molecule has 6 heteroatoms. The minimum Gasteiger partial charge on any atom is -0.481 e. The molecule has 1 aliphatic heterocycles. The molecule has 136 valence electrons. The first-order valence-corrected chi connectivity index (χ1v) is 9.19. The van der Waals surface area contributed by atoms with Gasteiger partial charge in [0.1, 0.15) is 5.76 Å². The van der Waals surface area contributed by atoms with Crippen LogP contribution < -0.4 is 0 Å². The molecule has 2 atom stereocenters. The largest absolute Gasteiger partial charge is 0.481 e. The van der Waals surface area contributed by atoms with Gasteiger partial charge in [0.2, 0.25) is 0 Å². The van der Waals surface area contributed by atoms with Crippen molar-refractivity contribution in [2.75, 3.05) is 13.1 Å². The molecule has 26 heavy (non-hydrogen) atoms. The standard InChI is InChI=1S/C20H22N2O4/c23-19(18-14-9-5-2-6-10-17(14)26-21-18)22-11-15(16(12-22)20(24)25)13-7-3-1-4-8-13/h1,3-4,7-8,15-16H,2,5-6,9-12H2,(H,24,25)/t15-,16-/m1/s1. The molecule has 2 aromatic rings. The topological polar surface area (TPSA) is 83.6 Å². The predicted molar refractivity (Wildman–Crippen MR) is 94.0 cm³/mol. The van der Waals surface area contributed by atoms with E-state index in [4.69, 9.17) is 4.52 Å². The number of aromatic nitrogens is 1. The lowest BCUT2D eigenvalue weighted by molar-refractivity contribution is -0.141. The van der Waals surface area contributed by atoms with E-state index in [1.54, 1.807) is 4.90 Å². The molecule has 4 rings (SSSR count). The van der Waals surface area contributed by atoms with Crippen LogP contribution in [0.3, 0.4) is 0 Å². The monoisotopic (exact) mass is 354 g/mol. The minimum absolute atomic E-state index is 0.204. The number of likely N-dealkylation sites (tertiary alicyclic amines) is 1. The molecule has 1 aliphatic carbocycles. The number of benzene rings is 1. The first-order valence-electron chi connectivity index (χ1n) is 9.19. The Kier molecular flexibility index (Phi) is 4.49. The first kappa shape index (κ1) is 16.8. The Labute approximate surface area is 151 Å². The number of fused-ring (bicyclic) bond motifs is 1. The van der Waals surface area contributed by atoms with E-state index in [2.05, 4.69) is 5.16 Å². The van der Waals surface area contributed by atoms with Gasteiger partial charge in [-0.3, -0.25) is 9.59 Å². The van der Waals surface area contributed by atoms with Crippen molar-refractivity contribution >= 4 is 11.9 Å². The summed E-state index contributed by atoms with van der Waals surface area (Å²) in [5.41, 5.74) is 2.25. The highest BCUT2D eigenvalue weighted by Crippen LogP contribution is 2.34. The summed E-state index contributed by atoms with van der Waals surface area (Å²) in [7, 11) is 0. The molecule has 0 saturated carbocycles. The quantitative estimate of drug-likeness (QED) is 0.857. The second kappa shape index (κ2) is 6.94. The molecule has 1 amide bonds. The van der Waals surface area contributed by atoms with Crippen LogP contribution in [0, 0.1) is 5.92 Å². The fourth-order valence-electron chi connectivity index (χ4n) is 4.14. The SMILES string of the molecule is O=C(O)[C@@H]1CN(C(=O)c2noc3c2CCCCC3)C[C@@H]1c1ccccc1. The summed E-state index contributed by atoms with van der Waals surface area (Å²) in [6.07, 6.45) is 4.83. The fourth-order valence-corrected chi connectivity index (χ4v) is 4.14. The molecule has 2 heterocycles. The highest BCUT2D eigenvalue weighted by Gasteiger charge is 2.41. The molecule has 0 bridgehead atoms. The smallest absolute Gasteiger partial charge is 0.308 e. The molecule has 0 spiro atoms. The van der Waals surface area contributed by atoms with Crippen molar-refractivity contribution in [3.63, 3.8) is 0 Å². The van der Waals surface area contributed by atoms with Gasteiger partial charge >= 0.3 is 5.97 Å². The average molecular weight is 354 g/mol. The van der Waals surface area contributed by atoms with Crippen molar-refractivity contribution in [2.45, 2.75) is 38.0 Å². The third kappa shape index (κ3) is 3.00. The van der Waals surface area contributed by atoms with Gasteiger partial charge in [0.05, 0.1) is 5.92 Å². The van der Waals surface area contributed by atoms with Gasteiger partial charge in [-0.15, -0.1) is 0 Å². The van der Waals surface area contributed by atoms with Crippen LogP contribution in [0.2, 0.25) is 0 Å². The van der Waals surface area contributed by atoms with E-state index in [0.29, 0.717) is 12.2 Å². The number of nitrogens with zero attached hydrogens (tertiary/aromatic N) is 2. The van der Waals surface area contributed by atoms with Crippen LogP contribution in [-0.4, -0.2) is 40.1 Å². The molecular formula is C20H22N2O4. The lowest BCUT2D eigenvalue weighted by atomic mass is 9.89. The van der Waals surface area contributed by atoms with Crippen molar-refractivity contribution in [1.82, 2.24) is 10.1 Å². The summed E-state index contributed by atoms with van der Waals surface area (Å²) < 4.78 is 5.42. The van der Waals surface area contributed by atoms with Crippen LogP contribution in [0.25, 0.3) is 0 Å². The molecule has 2 aliphatic rings. The fraction of sp³-hybridized carbons (Fsp3) is 0.450.